The minimum atomic E-state index is -1.63. The van der Waals surface area contributed by atoms with E-state index < -0.39 is 84.6 Å². The molecule has 14 nitrogen and oxygen atoms in total. The van der Waals surface area contributed by atoms with E-state index in [4.69, 9.17) is 21.7 Å². The predicted octanol–water partition coefficient (Wildman–Crippen LogP) is -3.37. The Bertz CT molecular complexity index is 726. The fourth-order valence-corrected chi connectivity index (χ4v) is 2.55. The van der Waals surface area contributed by atoms with Gasteiger partial charge in [-0.2, -0.15) is 0 Å². The van der Waals surface area contributed by atoms with Gasteiger partial charge in [-0.05, 0) is 19.3 Å². The van der Waals surface area contributed by atoms with Gasteiger partial charge in [-0.25, -0.2) is 4.79 Å². The maximum absolute atomic E-state index is 12.7. The molecule has 0 aliphatic heterocycles. The SMILES string of the molecule is CC(C)C(NC(=O)C(CCC(=O)O)NC(=O)C(N)CC(N)=O)C(=O)NC(C(=O)O)C(C)O. The Labute approximate surface area is 184 Å². The second-order valence-electron chi connectivity index (χ2n) is 7.57. The third-order valence-electron chi connectivity index (χ3n) is 4.33. The molecule has 4 amide bonds. The van der Waals surface area contributed by atoms with Crippen LogP contribution >= 0.6 is 0 Å². The lowest BCUT2D eigenvalue weighted by molar-refractivity contribution is -0.145. The van der Waals surface area contributed by atoms with Gasteiger partial charge in [-0.3, -0.25) is 24.0 Å². The molecule has 0 bridgehead atoms. The van der Waals surface area contributed by atoms with Crippen molar-refractivity contribution in [1.29, 1.82) is 0 Å². The predicted molar refractivity (Wildman–Crippen MR) is 109 cm³/mol. The zero-order chi connectivity index (χ0) is 25.2. The van der Waals surface area contributed by atoms with Crippen LogP contribution < -0.4 is 27.4 Å². The van der Waals surface area contributed by atoms with Crippen LogP contribution in [0.3, 0.4) is 0 Å². The Hall–Kier alpha value is -3.26. The number of hydrogen-bond acceptors (Lipinski definition) is 8. The Balaban J connectivity index is 5.49. The average Bonchev–Trinajstić information content (AvgIpc) is 2.65. The number of amides is 4. The molecular formula is C18H31N5O9. The number of carbonyl (C=O) groups excluding carboxylic acids is 4. The number of aliphatic hydroxyl groups is 1. The second kappa shape index (κ2) is 13.2. The highest BCUT2D eigenvalue weighted by molar-refractivity contribution is 5.95. The van der Waals surface area contributed by atoms with Crippen LogP contribution in [0.1, 0.15) is 40.0 Å². The summed E-state index contributed by atoms with van der Waals surface area (Å²) in [6.45, 7) is 4.27. The van der Waals surface area contributed by atoms with Crippen molar-refractivity contribution in [3.8, 4) is 0 Å². The Kier molecular flexibility index (Phi) is 11.9. The molecule has 0 fully saturated rings. The highest BCUT2D eigenvalue weighted by atomic mass is 16.4. The van der Waals surface area contributed by atoms with Crippen LogP contribution in [0.25, 0.3) is 0 Å². The number of rotatable bonds is 14. The summed E-state index contributed by atoms with van der Waals surface area (Å²) < 4.78 is 0. The maximum atomic E-state index is 12.7. The first kappa shape index (κ1) is 28.7. The van der Waals surface area contributed by atoms with Crippen LogP contribution in [0.4, 0.5) is 0 Å². The quantitative estimate of drug-likeness (QED) is 0.127. The maximum Gasteiger partial charge on any atom is 0.328 e. The number of nitrogens with two attached hydrogens (primary N) is 2. The van der Waals surface area contributed by atoms with Crippen molar-refractivity contribution in [3.05, 3.63) is 0 Å². The number of carboxylic acids is 2. The summed E-state index contributed by atoms with van der Waals surface area (Å²) in [5.74, 6) is -6.91. The minimum absolute atomic E-state index is 0.353. The fourth-order valence-electron chi connectivity index (χ4n) is 2.55. The molecular weight excluding hydrogens is 430 g/mol. The van der Waals surface area contributed by atoms with E-state index >= 15 is 0 Å². The van der Waals surface area contributed by atoms with E-state index in [0.29, 0.717) is 0 Å². The van der Waals surface area contributed by atoms with Gasteiger partial charge >= 0.3 is 11.9 Å². The molecule has 14 heteroatoms. The topological polar surface area (TPSA) is 251 Å². The summed E-state index contributed by atoms with van der Waals surface area (Å²) in [5.41, 5.74) is 10.5. The largest absolute Gasteiger partial charge is 0.481 e. The van der Waals surface area contributed by atoms with E-state index in [1.54, 1.807) is 13.8 Å². The van der Waals surface area contributed by atoms with Crippen molar-refractivity contribution in [1.82, 2.24) is 16.0 Å². The zero-order valence-corrected chi connectivity index (χ0v) is 18.0. The standard InChI is InChI=1S/C18H31N5O9/c1-7(2)13(17(30)23-14(8(3)24)18(31)32)22-16(29)10(4-5-12(26)27)21-15(28)9(19)6-11(20)25/h7-10,13-14,24H,4-6,19H2,1-3H3,(H2,20,25)(H,21,28)(H,22,29)(H,23,30)(H,26,27)(H,31,32). The molecule has 0 aliphatic carbocycles. The number of carboxylic acid groups (broad SMARTS) is 2. The summed E-state index contributed by atoms with van der Waals surface area (Å²) in [6.07, 6.45) is -2.79. The molecule has 0 aliphatic rings. The van der Waals surface area contributed by atoms with Crippen LogP contribution in [-0.4, -0.2) is 81.2 Å². The Morgan fingerprint density at radius 1 is 0.844 bits per heavy atom. The van der Waals surface area contributed by atoms with E-state index in [1.807, 2.05) is 0 Å². The van der Waals surface area contributed by atoms with Gasteiger partial charge in [-0.1, -0.05) is 13.8 Å². The van der Waals surface area contributed by atoms with Crippen LogP contribution in [0.15, 0.2) is 0 Å². The molecule has 5 unspecified atom stereocenters. The molecule has 182 valence electrons. The van der Waals surface area contributed by atoms with E-state index in [-0.39, 0.29) is 6.42 Å². The molecule has 0 spiro atoms. The van der Waals surface area contributed by atoms with Crippen molar-refractivity contribution < 1.29 is 44.1 Å². The van der Waals surface area contributed by atoms with Crippen LogP contribution in [-0.2, 0) is 28.8 Å². The molecule has 0 saturated heterocycles. The first-order valence-corrected chi connectivity index (χ1v) is 9.75. The highest BCUT2D eigenvalue weighted by Crippen LogP contribution is 2.07. The van der Waals surface area contributed by atoms with E-state index in [2.05, 4.69) is 16.0 Å². The molecule has 5 atom stereocenters. The van der Waals surface area contributed by atoms with Gasteiger partial charge in [0.15, 0.2) is 6.04 Å². The van der Waals surface area contributed by atoms with E-state index in [0.717, 1.165) is 6.92 Å². The zero-order valence-electron chi connectivity index (χ0n) is 18.0. The first-order valence-electron chi connectivity index (χ1n) is 9.75. The number of primary amides is 1. The van der Waals surface area contributed by atoms with Crippen LogP contribution in [0.2, 0.25) is 0 Å². The molecule has 10 N–H and O–H groups in total. The van der Waals surface area contributed by atoms with Gasteiger partial charge in [0.2, 0.25) is 23.6 Å². The van der Waals surface area contributed by atoms with Crippen molar-refractivity contribution in [2.75, 3.05) is 0 Å². The minimum Gasteiger partial charge on any atom is -0.481 e. The first-order chi connectivity index (χ1) is 14.7. The number of carbonyl (C=O) groups is 6. The molecule has 0 rings (SSSR count). The summed E-state index contributed by atoms with van der Waals surface area (Å²) >= 11 is 0. The molecule has 0 saturated carbocycles. The summed E-state index contributed by atoms with van der Waals surface area (Å²) in [4.78, 5) is 70.4. The van der Waals surface area contributed by atoms with Gasteiger partial charge in [0.05, 0.1) is 18.6 Å². The number of aliphatic carboxylic acids is 2. The second-order valence-corrected chi connectivity index (χ2v) is 7.57. The van der Waals surface area contributed by atoms with Crippen molar-refractivity contribution in [2.24, 2.45) is 17.4 Å². The molecule has 0 heterocycles. The van der Waals surface area contributed by atoms with Crippen LogP contribution in [0, 0.1) is 5.92 Å². The third-order valence-corrected chi connectivity index (χ3v) is 4.33. The van der Waals surface area contributed by atoms with Crippen molar-refractivity contribution in [2.45, 2.75) is 70.3 Å². The normalized spacial score (nSPS) is 15.6. The average molecular weight is 461 g/mol. The highest BCUT2D eigenvalue weighted by Gasteiger charge is 2.33. The molecule has 0 aromatic carbocycles. The monoisotopic (exact) mass is 461 g/mol. The lowest BCUT2D eigenvalue weighted by Gasteiger charge is -2.27. The Morgan fingerprint density at radius 2 is 1.38 bits per heavy atom. The summed E-state index contributed by atoms with van der Waals surface area (Å²) in [7, 11) is 0. The molecule has 0 aromatic rings. The van der Waals surface area contributed by atoms with Gasteiger partial charge in [0.1, 0.15) is 12.1 Å². The number of aliphatic hydroxyl groups excluding tert-OH is 1. The van der Waals surface area contributed by atoms with E-state index in [9.17, 15) is 33.9 Å². The molecule has 0 radical (unpaired) electrons. The van der Waals surface area contributed by atoms with Gasteiger partial charge < -0.3 is 42.7 Å². The van der Waals surface area contributed by atoms with E-state index in [1.165, 1.54) is 0 Å². The molecule has 32 heavy (non-hydrogen) atoms. The van der Waals surface area contributed by atoms with Crippen molar-refractivity contribution in [3.63, 3.8) is 0 Å². The van der Waals surface area contributed by atoms with Gasteiger partial charge in [0.25, 0.3) is 0 Å². The molecule has 0 aromatic heterocycles. The lowest BCUT2D eigenvalue weighted by atomic mass is 10.0. The summed E-state index contributed by atoms with van der Waals surface area (Å²) in [5, 5.41) is 34.2. The Morgan fingerprint density at radius 3 is 1.78 bits per heavy atom. The van der Waals surface area contributed by atoms with Gasteiger partial charge in [0, 0.05) is 6.42 Å². The summed E-state index contributed by atoms with van der Waals surface area (Å²) in [6, 6.07) is -5.70. The fraction of sp³-hybridized carbons (Fsp3) is 0.667. The number of nitrogens with one attached hydrogen (secondary N) is 3. The smallest absolute Gasteiger partial charge is 0.328 e. The van der Waals surface area contributed by atoms with Crippen molar-refractivity contribution >= 4 is 35.6 Å². The van der Waals surface area contributed by atoms with Crippen LogP contribution in [0.5, 0.6) is 0 Å². The third kappa shape index (κ3) is 10.2. The number of hydrogen-bond donors (Lipinski definition) is 8. The van der Waals surface area contributed by atoms with Gasteiger partial charge in [-0.15, -0.1) is 0 Å². The lowest BCUT2D eigenvalue weighted by Crippen LogP contribution is -2.59.